The van der Waals surface area contributed by atoms with E-state index in [0.717, 1.165) is 6.26 Å². The molecule has 13 nitrogen and oxygen atoms in total. The van der Waals surface area contributed by atoms with Crippen molar-refractivity contribution >= 4 is 29.7 Å². The average Bonchev–Trinajstić information content (AvgIpc) is 3.73. The van der Waals surface area contributed by atoms with Gasteiger partial charge in [0.2, 0.25) is 5.91 Å². The van der Waals surface area contributed by atoms with E-state index in [1.165, 1.54) is 23.2 Å². The van der Waals surface area contributed by atoms with E-state index < -0.39 is 60.1 Å². The van der Waals surface area contributed by atoms with Gasteiger partial charge in [0.15, 0.2) is 11.6 Å². The first-order valence-corrected chi connectivity index (χ1v) is 15.9. The number of hydrogen-bond donors (Lipinski definition) is 3. The van der Waals surface area contributed by atoms with Gasteiger partial charge in [-0.1, -0.05) is 49.8 Å². The number of cyclic esters (lactones) is 1. The molecule has 4 heterocycles. The van der Waals surface area contributed by atoms with Crippen LogP contribution in [0.2, 0.25) is 0 Å². The highest BCUT2D eigenvalue weighted by Gasteiger charge is 2.39. The van der Waals surface area contributed by atoms with Gasteiger partial charge in [0.1, 0.15) is 30.4 Å². The van der Waals surface area contributed by atoms with Crippen molar-refractivity contribution in [1.29, 1.82) is 0 Å². The van der Waals surface area contributed by atoms with Crippen LogP contribution in [0, 0.1) is 11.8 Å². The van der Waals surface area contributed by atoms with Gasteiger partial charge in [0.05, 0.1) is 19.1 Å². The summed E-state index contributed by atoms with van der Waals surface area (Å²) in [6.07, 6.45) is 6.72. The zero-order chi connectivity index (χ0) is 34.6. The Labute approximate surface area is 278 Å². The third-order valence-corrected chi connectivity index (χ3v) is 7.93. The number of aliphatic hydroxyl groups is 1. The first-order valence-electron chi connectivity index (χ1n) is 15.9. The van der Waals surface area contributed by atoms with Gasteiger partial charge in [-0.25, -0.2) is 23.9 Å². The second-order valence-electron chi connectivity index (χ2n) is 12.0. The summed E-state index contributed by atoms with van der Waals surface area (Å²) in [5, 5.41) is 15.6. The van der Waals surface area contributed by atoms with Gasteiger partial charge in [-0.15, -0.1) is 0 Å². The van der Waals surface area contributed by atoms with Crippen molar-refractivity contribution in [1.82, 2.24) is 20.2 Å². The second kappa shape index (κ2) is 17.3. The number of allylic oxidation sites excluding steroid dienone is 2. The number of nitrogens with one attached hydrogen (secondary N) is 2. The first kappa shape index (κ1) is 36.0. The molecule has 0 unspecified atom stereocenters. The Kier molecular flexibility index (Phi) is 13.0. The number of amides is 3. The number of rotatable bonds is 4. The Hall–Kier alpha value is -4.85. The molecule has 2 bridgehead atoms. The summed E-state index contributed by atoms with van der Waals surface area (Å²) in [4.78, 5) is 61.6. The zero-order valence-electron chi connectivity index (χ0n) is 27.2. The Bertz CT molecular complexity index is 1510. The number of carbonyl (C=O) groups excluding carboxylic acids is 4. The van der Waals surface area contributed by atoms with Gasteiger partial charge in [-0.05, 0) is 38.0 Å². The molecule has 3 N–H and O–H groups in total. The number of ether oxygens (including phenoxy) is 2. The molecule has 2 aromatic rings. The highest BCUT2D eigenvalue weighted by Crippen LogP contribution is 2.26. The Morgan fingerprint density at radius 2 is 2.08 bits per heavy atom. The molecule has 0 aromatic carbocycles. The lowest BCUT2D eigenvalue weighted by molar-refractivity contribution is -0.159. The van der Waals surface area contributed by atoms with Crippen LogP contribution in [0.1, 0.15) is 56.4 Å². The third-order valence-electron chi connectivity index (χ3n) is 7.93. The monoisotopic (exact) mass is 667 g/mol. The smallest absolute Gasteiger partial charge is 0.412 e. The van der Waals surface area contributed by atoms with Crippen LogP contribution in [0.4, 0.5) is 15.0 Å². The summed E-state index contributed by atoms with van der Waals surface area (Å²) in [7, 11) is 0. The molecule has 4 rings (SSSR count). The van der Waals surface area contributed by atoms with Crippen LogP contribution in [0.25, 0.3) is 0 Å². The number of aliphatic hydroxyl groups excluding tert-OH is 1. The quantitative estimate of drug-likeness (QED) is 0.406. The molecule has 0 aliphatic carbocycles. The summed E-state index contributed by atoms with van der Waals surface area (Å²) >= 11 is 0. The Balaban J connectivity index is 1.54. The molecule has 2 aliphatic heterocycles. The number of halogens is 1. The number of alkyl halides is 1. The van der Waals surface area contributed by atoms with Crippen LogP contribution in [0.3, 0.4) is 0 Å². The molecule has 14 heteroatoms. The molecule has 3 amide bonds. The number of esters is 1. The minimum atomic E-state index is -1.50. The normalized spacial score (nSPS) is 26.0. The van der Waals surface area contributed by atoms with Crippen LogP contribution in [-0.2, 0) is 25.5 Å². The maximum atomic E-state index is 14.8. The average molecular weight is 668 g/mol. The number of fused-ring (bicyclic) bond motifs is 3. The lowest BCUT2D eigenvalue weighted by Crippen LogP contribution is -2.44. The van der Waals surface area contributed by atoms with E-state index in [1.807, 2.05) is 0 Å². The Morgan fingerprint density at radius 3 is 2.85 bits per heavy atom. The van der Waals surface area contributed by atoms with Gasteiger partial charge in [-0.3, -0.25) is 14.9 Å². The number of carbonyl (C=O) groups is 4. The third kappa shape index (κ3) is 10.6. The van der Waals surface area contributed by atoms with E-state index in [1.54, 1.807) is 57.2 Å². The molecular weight excluding hydrogens is 625 g/mol. The number of pyridine rings is 1. The second-order valence-corrected chi connectivity index (χ2v) is 12.0. The fourth-order valence-electron chi connectivity index (χ4n) is 5.51. The number of aromatic nitrogens is 2. The highest BCUT2D eigenvalue weighted by molar-refractivity contribution is 5.95. The highest BCUT2D eigenvalue weighted by atomic mass is 19.1. The van der Waals surface area contributed by atoms with Crippen molar-refractivity contribution in [3.8, 4) is 0 Å². The molecular formula is C34H42FN5O8. The van der Waals surface area contributed by atoms with Crippen LogP contribution in [0.15, 0.2) is 71.0 Å². The van der Waals surface area contributed by atoms with Gasteiger partial charge in [-0.2, -0.15) is 0 Å². The van der Waals surface area contributed by atoms with Crippen molar-refractivity contribution in [2.75, 3.05) is 25.0 Å². The van der Waals surface area contributed by atoms with Crippen molar-refractivity contribution in [2.45, 2.75) is 70.9 Å². The minimum absolute atomic E-state index is 0.00677. The summed E-state index contributed by atoms with van der Waals surface area (Å²) in [6.45, 7) is 5.58. The van der Waals surface area contributed by atoms with Gasteiger partial charge >= 0.3 is 12.1 Å². The molecule has 2 aliphatic rings. The van der Waals surface area contributed by atoms with Gasteiger partial charge < -0.3 is 29.2 Å². The van der Waals surface area contributed by atoms with E-state index in [4.69, 9.17) is 13.9 Å². The Morgan fingerprint density at radius 1 is 1.27 bits per heavy atom. The van der Waals surface area contributed by atoms with Gasteiger partial charge in [0.25, 0.3) is 5.91 Å². The zero-order valence-corrected chi connectivity index (χ0v) is 27.2. The van der Waals surface area contributed by atoms with Crippen molar-refractivity contribution in [3.05, 3.63) is 78.2 Å². The summed E-state index contributed by atoms with van der Waals surface area (Å²) < 4.78 is 31.5. The molecule has 6 atom stereocenters. The summed E-state index contributed by atoms with van der Waals surface area (Å²) in [5.41, 5.74) is 0.599. The number of hydrogen-bond acceptors (Lipinski definition) is 10. The fourth-order valence-corrected chi connectivity index (χ4v) is 5.51. The molecule has 2 aromatic heterocycles. The number of oxazole rings is 1. The fraction of sp³-hybridized carbons (Fsp3) is 0.471. The van der Waals surface area contributed by atoms with E-state index in [0.29, 0.717) is 24.2 Å². The van der Waals surface area contributed by atoms with Crippen molar-refractivity contribution in [3.63, 3.8) is 0 Å². The topological polar surface area (TPSA) is 173 Å². The van der Waals surface area contributed by atoms with Crippen LogP contribution in [0.5, 0.6) is 0 Å². The summed E-state index contributed by atoms with van der Waals surface area (Å²) in [6, 6.07) is 4.10. The maximum Gasteiger partial charge on any atom is 0.412 e. The molecule has 0 spiro atoms. The lowest BCUT2D eigenvalue weighted by atomic mass is 9.93. The first-order chi connectivity index (χ1) is 23.0. The van der Waals surface area contributed by atoms with Crippen LogP contribution >= 0.6 is 0 Å². The molecule has 258 valence electrons. The molecule has 1 fully saturated rings. The van der Waals surface area contributed by atoms with Crippen LogP contribution < -0.4 is 10.6 Å². The number of nitrogens with zero attached hydrogens (tertiary/aromatic N) is 3. The molecule has 1 saturated heterocycles. The largest absolute Gasteiger partial charge is 0.460 e. The van der Waals surface area contributed by atoms with E-state index in [2.05, 4.69) is 20.6 Å². The molecule has 0 radical (unpaired) electrons. The van der Waals surface area contributed by atoms with Crippen LogP contribution in [-0.4, -0.2) is 88.0 Å². The minimum Gasteiger partial charge on any atom is -0.460 e. The van der Waals surface area contributed by atoms with E-state index in [-0.39, 0.29) is 44.1 Å². The predicted molar refractivity (Wildman–Crippen MR) is 172 cm³/mol. The maximum absolute atomic E-state index is 14.8. The molecule has 0 saturated carbocycles. The summed E-state index contributed by atoms with van der Waals surface area (Å²) in [5.74, 6) is -2.34. The van der Waals surface area contributed by atoms with Gasteiger partial charge in [0, 0.05) is 37.5 Å². The van der Waals surface area contributed by atoms with Crippen molar-refractivity contribution < 1.29 is 42.6 Å². The lowest BCUT2D eigenvalue weighted by Gasteiger charge is -2.30. The predicted octanol–water partition coefficient (Wildman–Crippen LogP) is 3.93. The standard InChI is InChI=1S/C34H42FN5O8/c1-21-8-6-14-37-29(42)12-11-22(2)31(23(3)19-47-34(45)39-28-10-4-5-13-36-28)48-33(44)27-9-7-15-40(27)32(43)26-20-46-30(38-26)18-24(35)17-25(41)16-21/h4-6,8,10-13,16,20,22-25,27,31,41H,7,9,14-15,17-19H2,1-3H3,(H,37,42)(H,36,39,45)/b8-6?,12-11+,21-16?/t22-,23+,24-,25-,27-,31+/m1/s1. The van der Waals surface area contributed by atoms with E-state index >= 15 is 0 Å². The number of anilines is 1. The molecule has 48 heavy (non-hydrogen) atoms. The van der Waals surface area contributed by atoms with Crippen molar-refractivity contribution in [2.24, 2.45) is 11.8 Å². The van der Waals surface area contributed by atoms with E-state index in [9.17, 15) is 28.7 Å². The SMILES string of the molecule is CC1=C[C@@H](O)C[C@@H](F)Cc2nc(co2)C(=O)N2CCC[C@@H]2C(=O)O[C@H]([C@@H](C)COC(=O)Nc2ccccn2)[C@H](C)/C=C/C(=O)NCC=C1.